The second kappa shape index (κ2) is 11.1. The van der Waals surface area contributed by atoms with Crippen LogP contribution in [0.4, 0.5) is 0 Å². The molecule has 0 aliphatic carbocycles. The molecule has 0 nitrogen and oxygen atoms in total. The highest BCUT2D eigenvalue weighted by molar-refractivity contribution is 4.94. The smallest absolute Gasteiger partial charge is 0.0442 e. The maximum atomic E-state index is 3.46. The Kier molecular flexibility index (Phi) is 13.2. The van der Waals surface area contributed by atoms with E-state index in [1.54, 1.807) is 6.08 Å². The zero-order valence-electron chi connectivity index (χ0n) is 7.52. The average molecular weight is 138 g/mol. The summed E-state index contributed by atoms with van der Waals surface area (Å²) in [6.45, 7) is 11.6. The number of allylic oxidation sites excluding steroid dienone is 5. The normalized spacial score (nSPS) is 8.00. The zero-order valence-corrected chi connectivity index (χ0v) is 7.52. The largest absolute Gasteiger partial charge is 0.0991 e. The van der Waals surface area contributed by atoms with Crippen LogP contribution in [0, 0.1) is 0 Å². The van der Waals surface area contributed by atoms with E-state index >= 15 is 0 Å². The number of rotatable bonds is 1. The number of hydrogen-bond donors (Lipinski definition) is 0. The first-order valence-corrected chi connectivity index (χ1v) is 3.52. The summed E-state index contributed by atoms with van der Waals surface area (Å²) in [6, 6.07) is 0. The summed E-state index contributed by atoms with van der Waals surface area (Å²) in [5.41, 5.74) is 1.38. The summed E-state index contributed by atoms with van der Waals surface area (Å²) < 4.78 is 0. The minimum Gasteiger partial charge on any atom is -0.0991 e. The lowest BCUT2D eigenvalue weighted by Crippen LogP contribution is -1.52. The number of hydrogen-bond acceptors (Lipinski definition) is 0. The lowest BCUT2D eigenvalue weighted by Gasteiger charge is -1.74. The molecule has 0 heterocycles. The Morgan fingerprint density at radius 2 is 1.60 bits per heavy atom. The van der Waals surface area contributed by atoms with Gasteiger partial charge in [0.15, 0.2) is 0 Å². The lowest BCUT2D eigenvalue weighted by molar-refractivity contribution is 1.36. The van der Waals surface area contributed by atoms with Crippen LogP contribution in [0.3, 0.4) is 0 Å². The first-order valence-electron chi connectivity index (χ1n) is 3.52. The highest BCUT2D eigenvalue weighted by Crippen LogP contribution is 1.82. The highest BCUT2D eigenvalue weighted by atomic mass is 13.7. The van der Waals surface area contributed by atoms with Crippen molar-refractivity contribution in [2.75, 3.05) is 0 Å². The van der Waals surface area contributed by atoms with E-state index in [0.29, 0.717) is 0 Å². The van der Waals surface area contributed by atoms with Crippen LogP contribution in [0.5, 0.6) is 0 Å². The first kappa shape index (κ1) is 12.0. The molecule has 0 N–H and O–H groups in total. The van der Waals surface area contributed by atoms with Gasteiger partial charge in [0, 0.05) is 0 Å². The fourth-order valence-corrected chi connectivity index (χ4v) is 0.136. The summed E-state index contributed by atoms with van der Waals surface area (Å²) >= 11 is 0. The monoisotopic (exact) mass is 138 g/mol. The van der Waals surface area contributed by atoms with Crippen LogP contribution in [-0.4, -0.2) is 0 Å². The van der Waals surface area contributed by atoms with Crippen LogP contribution in [0.1, 0.15) is 27.7 Å². The molecule has 0 rings (SSSR count). The molecule has 10 heavy (non-hydrogen) atoms. The third kappa shape index (κ3) is 26.9. The van der Waals surface area contributed by atoms with Gasteiger partial charge in [-0.05, 0) is 27.7 Å². The molecule has 0 fully saturated rings. The fraction of sp³-hybridized carbons (Fsp3) is 0.400. The summed E-state index contributed by atoms with van der Waals surface area (Å²) in [5, 5.41) is 0. The van der Waals surface area contributed by atoms with Crippen molar-refractivity contribution >= 4 is 0 Å². The van der Waals surface area contributed by atoms with Gasteiger partial charge in [-0.3, -0.25) is 0 Å². The molecule has 58 valence electrons. The predicted molar refractivity (Wildman–Crippen MR) is 50.1 cm³/mol. The van der Waals surface area contributed by atoms with Crippen molar-refractivity contribution in [3.05, 3.63) is 36.5 Å². The van der Waals surface area contributed by atoms with Gasteiger partial charge in [-0.2, -0.15) is 0 Å². The van der Waals surface area contributed by atoms with Crippen molar-refractivity contribution in [2.24, 2.45) is 0 Å². The third-order valence-electron chi connectivity index (χ3n) is 0.906. The Bertz CT molecular complexity index is 112. The van der Waals surface area contributed by atoms with E-state index in [1.165, 1.54) is 5.57 Å². The van der Waals surface area contributed by atoms with Crippen molar-refractivity contribution in [3.63, 3.8) is 0 Å². The van der Waals surface area contributed by atoms with Crippen LogP contribution in [-0.2, 0) is 0 Å². The van der Waals surface area contributed by atoms with Gasteiger partial charge in [0.2, 0.25) is 0 Å². The molecule has 0 spiro atoms. The van der Waals surface area contributed by atoms with E-state index in [-0.39, 0.29) is 0 Å². The lowest BCUT2D eigenvalue weighted by atomic mass is 10.3. The molecular formula is C10H18. The topological polar surface area (TPSA) is 0 Å². The zero-order chi connectivity index (χ0) is 8.41. The standard InChI is InChI=1S/C5H10.C5H8/c1-4-5(2)3;1-3-5-4-2/h4H,1-3H3;3-5H,1H2,2H3. The van der Waals surface area contributed by atoms with Crippen LogP contribution in [0.25, 0.3) is 0 Å². The summed E-state index contributed by atoms with van der Waals surface area (Å²) in [4.78, 5) is 0. The minimum atomic E-state index is 1.38. The molecule has 0 atom stereocenters. The minimum absolute atomic E-state index is 1.38. The Labute approximate surface area is 65.0 Å². The van der Waals surface area contributed by atoms with E-state index in [9.17, 15) is 0 Å². The summed E-state index contributed by atoms with van der Waals surface area (Å²) in [6.07, 6.45) is 7.66. The average Bonchev–Trinajstić information content (AvgIpc) is 1.91. The molecule has 0 aliphatic heterocycles. The molecular weight excluding hydrogens is 120 g/mol. The molecule has 0 aromatic carbocycles. The van der Waals surface area contributed by atoms with E-state index < -0.39 is 0 Å². The molecule has 0 unspecified atom stereocenters. The van der Waals surface area contributed by atoms with Gasteiger partial charge >= 0.3 is 0 Å². The summed E-state index contributed by atoms with van der Waals surface area (Å²) in [5.74, 6) is 0. The van der Waals surface area contributed by atoms with Crippen LogP contribution in [0.15, 0.2) is 36.5 Å². The van der Waals surface area contributed by atoms with Crippen molar-refractivity contribution in [1.82, 2.24) is 0 Å². The third-order valence-corrected chi connectivity index (χ3v) is 0.906. The van der Waals surface area contributed by atoms with Gasteiger partial charge in [0.05, 0.1) is 0 Å². The van der Waals surface area contributed by atoms with Gasteiger partial charge in [0.25, 0.3) is 0 Å². The van der Waals surface area contributed by atoms with Crippen molar-refractivity contribution in [2.45, 2.75) is 27.7 Å². The summed E-state index contributed by atoms with van der Waals surface area (Å²) in [7, 11) is 0. The van der Waals surface area contributed by atoms with E-state index in [0.717, 1.165) is 0 Å². The van der Waals surface area contributed by atoms with Crippen molar-refractivity contribution in [1.29, 1.82) is 0 Å². The molecule has 0 radical (unpaired) electrons. The molecule has 0 aromatic heterocycles. The van der Waals surface area contributed by atoms with Gasteiger partial charge in [-0.1, -0.05) is 36.5 Å². The van der Waals surface area contributed by atoms with Gasteiger partial charge in [-0.15, -0.1) is 0 Å². The fourth-order valence-electron chi connectivity index (χ4n) is 0.136. The first-order chi connectivity index (χ1) is 4.68. The Hall–Kier alpha value is -0.780. The van der Waals surface area contributed by atoms with Crippen LogP contribution in [0.2, 0.25) is 0 Å². The van der Waals surface area contributed by atoms with Crippen LogP contribution < -0.4 is 0 Å². The van der Waals surface area contributed by atoms with E-state index in [4.69, 9.17) is 0 Å². The molecule has 0 aromatic rings. The van der Waals surface area contributed by atoms with Crippen molar-refractivity contribution < 1.29 is 0 Å². The van der Waals surface area contributed by atoms with Crippen molar-refractivity contribution in [3.8, 4) is 0 Å². The SMILES string of the molecule is C=CC=CC.CC=C(C)C. The molecule has 0 heteroatoms. The Balaban J connectivity index is 0. The van der Waals surface area contributed by atoms with E-state index in [2.05, 4.69) is 26.5 Å². The second-order valence-electron chi connectivity index (χ2n) is 2.13. The Morgan fingerprint density at radius 1 is 1.20 bits per heavy atom. The maximum Gasteiger partial charge on any atom is -0.0442 e. The maximum absolute atomic E-state index is 3.46. The molecule has 0 saturated carbocycles. The second-order valence-corrected chi connectivity index (χ2v) is 2.13. The molecule has 0 amide bonds. The Morgan fingerprint density at radius 3 is 1.60 bits per heavy atom. The van der Waals surface area contributed by atoms with Gasteiger partial charge in [0.1, 0.15) is 0 Å². The molecule has 0 saturated heterocycles. The molecule has 0 bridgehead atoms. The quantitative estimate of drug-likeness (QED) is 0.382. The van der Waals surface area contributed by atoms with E-state index in [1.807, 2.05) is 26.0 Å². The van der Waals surface area contributed by atoms with Gasteiger partial charge < -0.3 is 0 Å². The highest BCUT2D eigenvalue weighted by Gasteiger charge is 1.60. The van der Waals surface area contributed by atoms with Gasteiger partial charge in [-0.25, -0.2) is 0 Å². The van der Waals surface area contributed by atoms with Crippen LogP contribution >= 0.6 is 0 Å². The molecule has 0 aliphatic rings. The predicted octanol–water partition coefficient (Wildman–Crippen LogP) is 3.72.